The van der Waals surface area contributed by atoms with Crippen LogP contribution in [0, 0.1) is 0 Å². The molecule has 0 atom stereocenters. The molecule has 2 heterocycles. The molecule has 0 amide bonds. The molecule has 0 fully saturated rings. The van der Waals surface area contributed by atoms with E-state index in [1.54, 1.807) is 0 Å². The van der Waals surface area contributed by atoms with Crippen LogP contribution in [-0.4, -0.2) is 19.6 Å². The molecule has 3 heteroatoms. The van der Waals surface area contributed by atoms with Crippen molar-refractivity contribution in [3.05, 3.63) is 36.0 Å². The highest BCUT2D eigenvalue weighted by atomic mass is 28.3. The van der Waals surface area contributed by atoms with Crippen LogP contribution < -0.4 is 0 Å². The maximum atomic E-state index is 2.70. The van der Waals surface area contributed by atoms with Gasteiger partial charge in [-0.05, 0) is 30.1 Å². The molecule has 0 aromatic rings. The molecule has 0 N–H and O–H groups in total. The molecule has 2 rings (SSSR count). The molecular weight excluding hydrogens is 221 g/mol. The molecule has 92 valence electrons. The first-order valence-corrected chi connectivity index (χ1v) is 9.62. The average Bonchev–Trinajstić information content (AvgIpc) is 2.26. The first kappa shape index (κ1) is 12.8. The van der Waals surface area contributed by atoms with Gasteiger partial charge in [0.05, 0.1) is 0 Å². The Bertz CT molecular complexity index is 388. The van der Waals surface area contributed by atoms with Crippen molar-refractivity contribution in [2.45, 2.75) is 51.6 Å². The van der Waals surface area contributed by atoms with Crippen LogP contribution in [0.3, 0.4) is 0 Å². The molecule has 0 saturated carbocycles. The van der Waals surface area contributed by atoms with Gasteiger partial charge in [0.2, 0.25) is 0 Å². The van der Waals surface area contributed by atoms with E-state index < -0.39 is 8.24 Å². The fraction of sp³-hybridized carbons (Fsp3) is 0.571. The van der Waals surface area contributed by atoms with Gasteiger partial charge >= 0.3 is 0 Å². The van der Waals surface area contributed by atoms with Crippen molar-refractivity contribution in [3.63, 3.8) is 0 Å². The third kappa shape index (κ3) is 2.17. The summed E-state index contributed by atoms with van der Waals surface area (Å²) in [7, 11) is -1.44. The zero-order valence-electron chi connectivity index (χ0n) is 11.8. The average molecular weight is 245 g/mol. The smallest absolute Gasteiger partial charge is 0.280 e. The lowest BCUT2D eigenvalue weighted by atomic mass is 9.49. The minimum Gasteiger partial charge on any atom is -0.444 e. The Morgan fingerprint density at radius 3 is 2.65 bits per heavy atom. The van der Waals surface area contributed by atoms with Gasteiger partial charge in [-0.15, -0.1) is 0 Å². The lowest BCUT2D eigenvalue weighted by Crippen LogP contribution is -2.59. The molecule has 2 aliphatic rings. The Hall–Kier alpha value is -0.698. The van der Waals surface area contributed by atoms with E-state index in [2.05, 4.69) is 68.8 Å². The van der Waals surface area contributed by atoms with E-state index >= 15 is 0 Å². The minimum absolute atomic E-state index is 0.404. The van der Waals surface area contributed by atoms with Crippen molar-refractivity contribution in [1.82, 2.24) is 4.48 Å². The monoisotopic (exact) mass is 245 g/mol. The van der Waals surface area contributed by atoms with E-state index in [9.17, 15) is 0 Å². The van der Waals surface area contributed by atoms with Gasteiger partial charge in [-0.1, -0.05) is 57.6 Å². The zero-order valence-corrected chi connectivity index (χ0v) is 12.8. The second-order valence-corrected chi connectivity index (χ2v) is 11.9. The Balaban J connectivity index is 2.32. The number of hydrogen-bond donors (Lipinski definition) is 0. The number of nitrogens with zero attached hydrogens (tertiary/aromatic N) is 1. The number of fused-ring (bicyclic) bond motifs is 1. The molecule has 0 aromatic carbocycles. The second kappa shape index (κ2) is 4.20. The maximum absolute atomic E-state index is 2.70. The topological polar surface area (TPSA) is 3.24 Å². The maximum Gasteiger partial charge on any atom is 0.280 e. The van der Waals surface area contributed by atoms with Gasteiger partial charge in [-0.25, -0.2) is 0 Å². The largest absolute Gasteiger partial charge is 0.444 e. The lowest BCUT2D eigenvalue weighted by molar-refractivity contribution is 0.648. The molecule has 0 unspecified atom stereocenters. The van der Waals surface area contributed by atoms with E-state index in [0.717, 1.165) is 0 Å². The molecule has 17 heavy (non-hydrogen) atoms. The number of rotatable bonds is 1. The Morgan fingerprint density at radius 1 is 1.29 bits per heavy atom. The van der Waals surface area contributed by atoms with Crippen LogP contribution in [0.5, 0.6) is 0 Å². The van der Waals surface area contributed by atoms with Gasteiger partial charge in [-0.3, -0.25) is 0 Å². The molecule has 0 radical (unpaired) electrons. The summed E-state index contributed by atoms with van der Waals surface area (Å²) in [5, 5.41) is 0.404. The first-order valence-electron chi connectivity index (χ1n) is 6.67. The van der Waals surface area contributed by atoms with Gasteiger partial charge in [-0.2, -0.15) is 0 Å². The van der Waals surface area contributed by atoms with Crippen molar-refractivity contribution >= 4 is 15.1 Å². The van der Waals surface area contributed by atoms with Crippen LogP contribution >= 0.6 is 0 Å². The SMILES string of the molecule is CC(C)(C)[Si](C)(C)N1C=CC=C2C=CCCB21. The molecular formula is C14H24BNSi. The second-order valence-electron chi connectivity index (χ2n) is 6.72. The summed E-state index contributed by atoms with van der Waals surface area (Å²) in [5.41, 5.74) is 1.50. The summed E-state index contributed by atoms with van der Waals surface area (Å²) < 4.78 is 2.70. The molecule has 0 bridgehead atoms. The minimum atomic E-state index is -1.44. The van der Waals surface area contributed by atoms with Crippen molar-refractivity contribution in [3.8, 4) is 0 Å². The van der Waals surface area contributed by atoms with Crippen LogP contribution in [0.4, 0.5) is 0 Å². The predicted octanol–water partition coefficient (Wildman–Crippen LogP) is 4.24. The predicted molar refractivity (Wildman–Crippen MR) is 80.6 cm³/mol. The molecule has 2 aliphatic heterocycles. The van der Waals surface area contributed by atoms with Gasteiger partial charge in [0.1, 0.15) is 8.24 Å². The third-order valence-corrected chi connectivity index (χ3v) is 10.1. The van der Waals surface area contributed by atoms with Gasteiger partial charge in [0.15, 0.2) is 0 Å². The van der Waals surface area contributed by atoms with Crippen LogP contribution in [0.15, 0.2) is 36.0 Å². The van der Waals surface area contributed by atoms with E-state index in [1.165, 1.54) is 18.2 Å². The molecule has 0 aromatic heterocycles. The standard InChI is InChI=1S/C14H24BNSi/c1-14(2,3)17(4,5)16-12-8-10-13-9-6-7-11-15(13)16/h6,8-10,12H,7,11H2,1-5H3. The Morgan fingerprint density at radius 2 is 2.00 bits per heavy atom. The van der Waals surface area contributed by atoms with Gasteiger partial charge in [0.25, 0.3) is 6.85 Å². The van der Waals surface area contributed by atoms with E-state index in [-0.39, 0.29) is 0 Å². The van der Waals surface area contributed by atoms with Crippen LogP contribution in [0.25, 0.3) is 0 Å². The Labute approximate surface area is 107 Å². The number of hydrogen-bond acceptors (Lipinski definition) is 1. The highest BCUT2D eigenvalue weighted by molar-refractivity contribution is 6.88. The number of allylic oxidation sites excluding steroid dienone is 5. The molecule has 1 nitrogen and oxygen atoms in total. The van der Waals surface area contributed by atoms with Crippen LogP contribution in [0.2, 0.25) is 24.5 Å². The van der Waals surface area contributed by atoms with Gasteiger partial charge < -0.3 is 4.48 Å². The molecule has 0 spiro atoms. The highest BCUT2D eigenvalue weighted by Crippen LogP contribution is 2.41. The van der Waals surface area contributed by atoms with Crippen molar-refractivity contribution < 1.29 is 0 Å². The quantitative estimate of drug-likeness (QED) is 0.624. The fourth-order valence-corrected chi connectivity index (χ4v) is 4.82. The van der Waals surface area contributed by atoms with E-state index in [1.807, 2.05) is 0 Å². The lowest BCUT2D eigenvalue weighted by Gasteiger charge is -2.50. The van der Waals surface area contributed by atoms with E-state index in [4.69, 9.17) is 0 Å². The summed E-state index contributed by atoms with van der Waals surface area (Å²) in [6, 6.07) is 0. The Kier molecular flexibility index (Phi) is 3.15. The molecule has 0 saturated heterocycles. The highest BCUT2D eigenvalue weighted by Gasteiger charge is 2.44. The normalized spacial score (nSPS) is 20.4. The van der Waals surface area contributed by atoms with Crippen LogP contribution in [-0.2, 0) is 0 Å². The van der Waals surface area contributed by atoms with Crippen molar-refractivity contribution in [1.29, 1.82) is 0 Å². The van der Waals surface area contributed by atoms with Crippen molar-refractivity contribution in [2.24, 2.45) is 0 Å². The van der Waals surface area contributed by atoms with E-state index in [0.29, 0.717) is 11.9 Å². The third-order valence-electron chi connectivity index (χ3n) is 4.65. The summed E-state index contributed by atoms with van der Waals surface area (Å²) >= 11 is 0. The van der Waals surface area contributed by atoms with Crippen LogP contribution in [0.1, 0.15) is 27.2 Å². The fourth-order valence-electron chi connectivity index (χ4n) is 2.53. The zero-order chi connectivity index (χ0) is 12.7. The first-order chi connectivity index (χ1) is 7.84. The molecule has 0 aliphatic carbocycles. The summed E-state index contributed by atoms with van der Waals surface area (Å²) in [5.74, 6) is 0. The summed E-state index contributed by atoms with van der Waals surface area (Å²) in [4.78, 5) is 0. The van der Waals surface area contributed by atoms with Crippen molar-refractivity contribution in [2.75, 3.05) is 0 Å². The summed E-state index contributed by atoms with van der Waals surface area (Å²) in [6.07, 6.45) is 14.0. The summed E-state index contributed by atoms with van der Waals surface area (Å²) in [6.45, 7) is 12.8. The van der Waals surface area contributed by atoms with Gasteiger partial charge in [0, 0.05) is 0 Å².